The van der Waals surface area contributed by atoms with Crippen LogP contribution in [0, 0.1) is 5.82 Å². The molecular formula is C21H20FN3O3. The molecule has 1 aliphatic rings. The van der Waals surface area contributed by atoms with Crippen molar-refractivity contribution < 1.29 is 14.3 Å². The number of aromatic nitrogens is 1. The Morgan fingerprint density at radius 1 is 1.07 bits per heavy atom. The molecule has 2 aromatic carbocycles. The minimum absolute atomic E-state index is 0.168. The number of fused-ring (bicyclic) bond motifs is 1. The van der Waals surface area contributed by atoms with E-state index in [4.69, 9.17) is 0 Å². The number of pyridine rings is 1. The molecule has 1 fully saturated rings. The van der Waals surface area contributed by atoms with Crippen LogP contribution in [-0.4, -0.2) is 41.8 Å². The van der Waals surface area contributed by atoms with Crippen LogP contribution in [0.1, 0.15) is 15.9 Å². The molecule has 0 spiro atoms. The van der Waals surface area contributed by atoms with E-state index in [1.165, 1.54) is 16.7 Å². The average Bonchev–Trinajstić information content (AvgIpc) is 2.71. The van der Waals surface area contributed by atoms with Gasteiger partial charge in [0, 0.05) is 31.6 Å². The van der Waals surface area contributed by atoms with Crippen molar-refractivity contribution in [3.63, 3.8) is 0 Å². The first kappa shape index (κ1) is 18.2. The van der Waals surface area contributed by atoms with Gasteiger partial charge in [-0.15, -0.1) is 0 Å². The normalized spacial score (nSPS) is 14.4. The van der Waals surface area contributed by atoms with Gasteiger partial charge in [-0.2, -0.15) is 0 Å². The van der Waals surface area contributed by atoms with Crippen LogP contribution >= 0.6 is 0 Å². The summed E-state index contributed by atoms with van der Waals surface area (Å²) in [6.07, 6.45) is 0. The number of benzene rings is 2. The Bertz CT molecular complexity index is 1090. The summed E-state index contributed by atoms with van der Waals surface area (Å²) in [5.41, 5.74) is 1.09. The highest BCUT2D eigenvalue weighted by atomic mass is 19.1. The SMILES string of the molecule is O=C(O)c1c(N2CCNCC2)c2ccccc2n(Cc2ccc(F)cc2)c1=O. The minimum Gasteiger partial charge on any atom is -0.477 e. The molecule has 7 heteroatoms. The lowest BCUT2D eigenvalue weighted by atomic mass is 10.1. The van der Waals surface area contributed by atoms with Crippen LogP contribution in [0.25, 0.3) is 10.9 Å². The second-order valence-corrected chi connectivity index (χ2v) is 6.80. The fourth-order valence-corrected chi connectivity index (χ4v) is 3.73. The molecule has 1 aromatic heterocycles. The largest absolute Gasteiger partial charge is 0.477 e. The Labute approximate surface area is 160 Å². The van der Waals surface area contributed by atoms with Gasteiger partial charge in [0.25, 0.3) is 5.56 Å². The van der Waals surface area contributed by atoms with Gasteiger partial charge in [0.15, 0.2) is 0 Å². The number of halogens is 1. The number of carboxylic acids is 1. The number of hydrogen-bond donors (Lipinski definition) is 2. The number of anilines is 1. The molecule has 0 saturated carbocycles. The van der Waals surface area contributed by atoms with Crippen molar-refractivity contribution in [3.05, 3.63) is 75.8 Å². The van der Waals surface area contributed by atoms with E-state index in [1.807, 2.05) is 29.2 Å². The van der Waals surface area contributed by atoms with Crippen LogP contribution in [0.5, 0.6) is 0 Å². The summed E-state index contributed by atoms with van der Waals surface area (Å²) in [5.74, 6) is -1.60. The molecule has 3 aromatic rings. The smallest absolute Gasteiger partial charge is 0.343 e. The highest BCUT2D eigenvalue weighted by Crippen LogP contribution is 2.29. The number of para-hydroxylation sites is 1. The van der Waals surface area contributed by atoms with E-state index in [2.05, 4.69) is 5.32 Å². The van der Waals surface area contributed by atoms with E-state index >= 15 is 0 Å². The van der Waals surface area contributed by atoms with Gasteiger partial charge in [-0.1, -0.05) is 30.3 Å². The van der Waals surface area contributed by atoms with Crippen molar-refractivity contribution in [1.29, 1.82) is 0 Å². The van der Waals surface area contributed by atoms with Crippen molar-refractivity contribution in [2.24, 2.45) is 0 Å². The van der Waals surface area contributed by atoms with E-state index in [0.717, 1.165) is 24.0 Å². The summed E-state index contributed by atoms with van der Waals surface area (Å²) in [6.45, 7) is 2.89. The number of carbonyl (C=O) groups is 1. The lowest BCUT2D eigenvalue weighted by Gasteiger charge is -2.32. The van der Waals surface area contributed by atoms with Gasteiger partial charge in [-0.05, 0) is 23.8 Å². The van der Waals surface area contributed by atoms with Crippen LogP contribution in [-0.2, 0) is 6.54 Å². The molecule has 4 rings (SSSR count). The Kier molecular flexibility index (Phi) is 4.83. The molecule has 144 valence electrons. The molecule has 0 aliphatic carbocycles. The molecule has 6 nitrogen and oxygen atoms in total. The zero-order valence-electron chi connectivity index (χ0n) is 15.2. The Morgan fingerprint density at radius 3 is 2.43 bits per heavy atom. The zero-order valence-corrected chi connectivity index (χ0v) is 15.2. The standard InChI is InChI=1S/C21H20FN3O3/c22-15-7-5-14(6-8-15)13-25-17-4-2-1-3-16(17)19(18(20(25)26)21(27)28)24-11-9-23-10-12-24/h1-8,23H,9-13H2,(H,27,28). The van der Waals surface area contributed by atoms with Crippen LogP contribution in [0.15, 0.2) is 53.3 Å². The highest BCUT2D eigenvalue weighted by Gasteiger charge is 2.26. The molecule has 1 aliphatic heterocycles. The van der Waals surface area contributed by atoms with E-state index < -0.39 is 11.5 Å². The van der Waals surface area contributed by atoms with Crippen molar-refractivity contribution in [2.75, 3.05) is 31.1 Å². The molecule has 1 saturated heterocycles. The number of piperazine rings is 1. The maximum Gasteiger partial charge on any atom is 0.343 e. The van der Waals surface area contributed by atoms with E-state index in [1.54, 1.807) is 12.1 Å². The Balaban J connectivity index is 1.96. The number of rotatable bonds is 4. The third kappa shape index (κ3) is 3.25. The number of aromatic carboxylic acids is 1. The predicted molar refractivity (Wildman–Crippen MR) is 106 cm³/mol. The van der Waals surface area contributed by atoms with E-state index in [0.29, 0.717) is 24.3 Å². The third-order valence-electron chi connectivity index (χ3n) is 5.05. The van der Waals surface area contributed by atoms with Gasteiger partial charge in [0.2, 0.25) is 0 Å². The summed E-state index contributed by atoms with van der Waals surface area (Å²) in [7, 11) is 0. The second-order valence-electron chi connectivity index (χ2n) is 6.80. The van der Waals surface area contributed by atoms with Crippen molar-refractivity contribution in [1.82, 2.24) is 9.88 Å². The van der Waals surface area contributed by atoms with Gasteiger partial charge < -0.3 is 19.9 Å². The van der Waals surface area contributed by atoms with Crippen molar-refractivity contribution >= 4 is 22.6 Å². The van der Waals surface area contributed by atoms with Gasteiger partial charge in [-0.25, -0.2) is 9.18 Å². The van der Waals surface area contributed by atoms with Gasteiger partial charge in [-0.3, -0.25) is 4.79 Å². The minimum atomic E-state index is -1.24. The first-order valence-electron chi connectivity index (χ1n) is 9.15. The summed E-state index contributed by atoms with van der Waals surface area (Å²) in [5, 5.41) is 13.8. The molecule has 0 bridgehead atoms. The van der Waals surface area contributed by atoms with E-state index in [9.17, 15) is 19.1 Å². The first-order chi connectivity index (χ1) is 13.6. The molecule has 28 heavy (non-hydrogen) atoms. The van der Waals surface area contributed by atoms with Crippen molar-refractivity contribution in [3.8, 4) is 0 Å². The summed E-state index contributed by atoms with van der Waals surface area (Å²) in [4.78, 5) is 27.3. The monoisotopic (exact) mass is 381 g/mol. The molecule has 0 amide bonds. The second kappa shape index (κ2) is 7.44. The number of nitrogens with one attached hydrogen (secondary N) is 1. The highest BCUT2D eigenvalue weighted by molar-refractivity contribution is 6.04. The maximum absolute atomic E-state index is 13.2. The van der Waals surface area contributed by atoms with Crippen LogP contribution in [0.3, 0.4) is 0 Å². The summed E-state index contributed by atoms with van der Waals surface area (Å²) in [6, 6.07) is 13.2. The van der Waals surface area contributed by atoms with E-state index in [-0.39, 0.29) is 17.9 Å². The van der Waals surface area contributed by atoms with Crippen LogP contribution in [0.2, 0.25) is 0 Å². The lowest BCUT2D eigenvalue weighted by molar-refractivity contribution is 0.0695. The average molecular weight is 381 g/mol. The quantitative estimate of drug-likeness (QED) is 0.725. The van der Waals surface area contributed by atoms with Crippen molar-refractivity contribution in [2.45, 2.75) is 6.54 Å². The zero-order chi connectivity index (χ0) is 19.7. The topological polar surface area (TPSA) is 74.6 Å². The Morgan fingerprint density at radius 2 is 1.75 bits per heavy atom. The molecule has 2 heterocycles. The molecule has 0 radical (unpaired) electrons. The predicted octanol–water partition coefficient (Wildman–Crippen LogP) is 2.30. The number of hydrogen-bond acceptors (Lipinski definition) is 4. The van der Waals surface area contributed by atoms with Gasteiger partial charge in [0.05, 0.1) is 17.7 Å². The van der Waals surface area contributed by atoms with Crippen LogP contribution < -0.4 is 15.8 Å². The van der Waals surface area contributed by atoms with Crippen LogP contribution in [0.4, 0.5) is 10.1 Å². The first-order valence-corrected chi connectivity index (χ1v) is 9.15. The maximum atomic E-state index is 13.2. The fourth-order valence-electron chi connectivity index (χ4n) is 3.73. The van der Waals surface area contributed by atoms with Gasteiger partial charge >= 0.3 is 5.97 Å². The molecule has 2 N–H and O–H groups in total. The third-order valence-corrected chi connectivity index (χ3v) is 5.05. The van der Waals surface area contributed by atoms with Gasteiger partial charge in [0.1, 0.15) is 11.4 Å². The summed E-state index contributed by atoms with van der Waals surface area (Å²) < 4.78 is 14.7. The lowest BCUT2D eigenvalue weighted by Crippen LogP contribution is -2.45. The number of nitrogens with zero attached hydrogens (tertiary/aromatic N) is 2. The fraction of sp³-hybridized carbons (Fsp3) is 0.238. The summed E-state index contributed by atoms with van der Waals surface area (Å²) >= 11 is 0. The molecule has 0 atom stereocenters. The number of carboxylic acid groups (broad SMARTS) is 1. The molecule has 0 unspecified atom stereocenters. The Hall–Kier alpha value is -3.19. The molecular weight excluding hydrogens is 361 g/mol.